The van der Waals surface area contributed by atoms with Gasteiger partial charge in [0.05, 0.1) is 16.7 Å². The lowest BCUT2D eigenvalue weighted by Crippen LogP contribution is -2.17. The molecule has 0 spiro atoms. The summed E-state index contributed by atoms with van der Waals surface area (Å²) >= 11 is 0. The van der Waals surface area contributed by atoms with Crippen molar-refractivity contribution in [1.29, 1.82) is 0 Å². The Balaban J connectivity index is 0.904. The Morgan fingerprint density at radius 2 is 0.785 bits per heavy atom. The number of hydrogen-bond acceptors (Lipinski definition) is 1. The minimum Gasteiger partial charge on any atom is -0.310 e. The monoisotopic (exact) mass is 830 g/mol. The van der Waals surface area contributed by atoms with E-state index in [0.29, 0.717) is 0 Å². The van der Waals surface area contributed by atoms with Gasteiger partial charge in [0, 0.05) is 38.8 Å². The molecule has 1 aliphatic rings. The van der Waals surface area contributed by atoms with Crippen LogP contribution in [-0.2, 0) is 5.41 Å². The highest BCUT2D eigenvalue weighted by atomic mass is 15.1. The fourth-order valence-corrected chi connectivity index (χ4v) is 10.4. The van der Waals surface area contributed by atoms with E-state index < -0.39 is 0 Å². The highest BCUT2D eigenvalue weighted by Gasteiger charge is 2.36. The Kier molecular flexibility index (Phi) is 9.21. The molecule has 2 nitrogen and oxygen atoms in total. The molecule has 0 radical (unpaired) electrons. The number of para-hydroxylation sites is 3. The zero-order valence-electron chi connectivity index (χ0n) is 36.5. The Labute approximate surface area is 381 Å². The molecule has 1 aliphatic carbocycles. The van der Waals surface area contributed by atoms with Gasteiger partial charge in [0.2, 0.25) is 0 Å². The predicted molar refractivity (Wildman–Crippen MR) is 275 cm³/mol. The van der Waals surface area contributed by atoms with Crippen LogP contribution in [0.25, 0.3) is 83.1 Å². The lowest BCUT2D eigenvalue weighted by Gasteiger charge is -2.30. The van der Waals surface area contributed by atoms with Crippen LogP contribution < -0.4 is 4.90 Å². The highest BCUT2D eigenvalue weighted by molar-refractivity contribution is 6.09. The van der Waals surface area contributed by atoms with Gasteiger partial charge in [0.25, 0.3) is 0 Å². The van der Waals surface area contributed by atoms with Crippen molar-refractivity contribution >= 4 is 38.9 Å². The van der Waals surface area contributed by atoms with Crippen LogP contribution in [0, 0.1) is 0 Å². The van der Waals surface area contributed by atoms with Crippen molar-refractivity contribution in [2.24, 2.45) is 0 Å². The maximum absolute atomic E-state index is 2.45. The van der Waals surface area contributed by atoms with E-state index in [1.807, 2.05) is 0 Å². The van der Waals surface area contributed by atoms with Crippen LogP contribution in [0.2, 0.25) is 0 Å². The first kappa shape index (κ1) is 38.5. The van der Waals surface area contributed by atoms with Crippen molar-refractivity contribution in [2.45, 2.75) is 19.3 Å². The van der Waals surface area contributed by atoms with Gasteiger partial charge in [-0.15, -0.1) is 0 Å². The number of benzene rings is 10. The van der Waals surface area contributed by atoms with Crippen LogP contribution in [0.4, 0.5) is 17.1 Å². The van der Waals surface area contributed by atoms with Crippen LogP contribution in [-0.4, -0.2) is 4.57 Å². The van der Waals surface area contributed by atoms with E-state index in [1.54, 1.807) is 0 Å². The zero-order chi connectivity index (χ0) is 43.5. The third-order valence-electron chi connectivity index (χ3n) is 13.7. The van der Waals surface area contributed by atoms with Gasteiger partial charge in [-0.05, 0) is 116 Å². The molecule has 0 atom stereocenters. The molecule has 1 aromatic heterocycles. The van der Waals surface area contributed by atoms with E-state index in [0.717, 1.165) is 22.7 Å². The van der Waals surface area contributed by atoms with Gasteiger partial charge in [0.1, 0.15) is 0 Å². The van der Waals surface area contributed by atoms with Crippen molar-refractivity contribution < 1.29 is 0 Å². The Hall–Kier alpha value is -8.20. The second kappa shape index (κ2) is 15.6. The molecule has 2 heteroatoms. The minimum absolute atomic E-state index is 0.128. The first-order valence-electron chi connectivity index (χ1n) is 22.6. The number of fused-ring (bicyclic) bond motifs is 6. The molecule has 0 saturated carbocycles. The fourth-order valence-electron chi connectivity index (χ4n) is 10.4. The van der Waals surface area contributed by atoms with E-state index in [1.165, 1.54) is 88.6 Å². The molecule has 0 N–H and O–H groups in total. The molecule has 65 heavy (non-hydrogen) atoms. The van der Waals surface area contributed by atoms with Crippen molar-refractivity contribution in [3.05, 3.63) is 254 Å². The predicted octanol–water partition coefficient (Wildman–Crippen LogP) is 17.2. The largest absolute Gasteiger partial charge is 0.310 e. The molecule has 0 amide bonds. The maximum atomic E-state index is 2.45. The standard InChI is InChI=1S/C63H46N2/c1-63(2)58-24-12-8-20-53(58)54-41-40-50(42-59(54)63)64(60-25-13-9-21-55(60)52-19-7-6-18-51(52)47-16-4-3-5-17-47)48-36-32-45(33-37-48)43-28-30-44(31-29-43)46-34-38-49(39-35-46)65-61-26-14-10-22-56(61)57-23-11-15-27-62(57)65/h3-42H,1-2H3. The Bertz CT molecular complexity index is 3490. The van der Waals surface area contributed by atoms with Crippen LogP contribution in [0.15, 0.2) is 243 Å². The number of nitrogens with zero attached hydrogens (tertiary/aromatic N) is 2. The van der Waals surface area contributed by atoms with Gasteiger partial charge >= 0.3 is 0 Å². The van der Waals surface area contributed by atoms with E-state index in [9.17, 15) is 0 Å². The van der Waals surface area contributed by atoms with E-state index >= 15 is 0 Å². The molecule has 0 bridgehead atoms. The molecule has 0 unspecified atom stereocenters. The van der Waals surface area contributed by atoms with E-state index in [-0.39, 0.29) is 5.41 Å². The third kappa shape index (κ3) is 6.49. The van der Waals surface area contributed by atoms with Crippen molar-refractivity contribution in [2.75, 3.05) is 4.90 Å². The van der Waals surface area contributed by atoms with Crippen LogP contribution >= 0.6 is 0 Å². The molecule has 11 aromatic rings. The molecule has 0 fully saturated rings. The SMILES string of the molecule is CC1(C)c2ccccc2-c2ccc(N(c3ccc(-c4ccc(-c5ccc(-n6c7ccccc7c7ccccc76)cc5)cc4)cc3)c3ccccc3-c3ccccc3-c3ccccc3)cc21. The van der Waals surface area contributed by atoms with Crippen molar-refractivity contribution in [3.63, 3.8) is 0 Å². The lowest BCUT2D eigenvalue weighted by atomic mass is 9.82. The smallest absolute Gasteiger partial charge is 0.0541 e. The molecule has 1 heterocycles. The lowest BCUT2D eigenvalue weighted by molar-refractivity contribution is 0.660. The summed E-state index contributed by atoms with van der Waals surface area (Å²) in [7, 11) is 0. The van der Waals surface area contributed by atoms with Gasteiger partial charge in [-0.3, -0.25) is 0 Å². The molecule has 10 aromatic carbocycles. The number of aromatic nitrogens is 1. The third-order valence-corrected chi connectivity index (χ3v) is 13.7. The zero-order valence-corrected chi connectivity index (χ0v) is 36.5. The van der Waals surface area contributed by atoms with Gasteiger partial charge in [-0.25, -0.2) is 0 Å². The summed E-state index contributed by atoms with van der Waals surface area (Å²) in [6.45, 7) is 4.72. The van der Waals surface area contributed by atoms with E-state index in [2.05, 4.69) is 266 Å². The summed E-state index contributed by atoms with van der Waals surface area (Å²) in [6, 6.07) is 88.7. The molecule has 0 saturated heterocycles. The van der Waals surface area contributed by atoms with Crippen molar-refractivity contribution in [1.82, 2.24) is 4.57 Å². The van der Waals surface area contributed by atoms with Crippen LogP contribution in [0.3, 0.4) is 0 Å². The normalized spacial score (nSPS) is 12.6. The van der Waals surface area contributed by atoms with Crippen molar-refractivity contribution in [3.8, 4) is 61.3 Å². The second-order valence-corrected chi connectivity index (χ2v) is 17.7. The summed E-state index contributed by atoms with van der Waals surface area (Å²) < 4.78 is 2.37. The Morgan fingerprint density at radius 1 is 0.323 bits per heavy atom. The fraction of sp³-hybridized carbons (Fsp3) is 0.0476. The molecule has 0 aliphatic heterocycles. The number of rotatable bonds is 8. The Morgan fingerprint density at radius 3 is 1.43 bits per heavy atom. The van der Waals surface area contributed by atoms with Gasteiger partial charge in [-0.1, -0.05) is 202 Å². The topological polar surface area (TPSA) is 8.17 Å². The molecular formula is C63H46N2. The first-order chi connectivity index (χ1) is 32.0. The summed E-state index contributed by atoms with van der Waals surface area (Å²) in [5.74, 6) is 0. The first-order valence-corrected chi connectivity index (χ1v) is 22.6. The molecular weight excluding hydrogens is 785 g/mol. The second-order valence-electron chi connectivity index (χ2n) is 17.7. The molecule has 12 rings (SSSR count). The maximum Gasteiger partial charge on any atom is 0.0541 e. The van der Waals surface area contributed by atoms with Gasteiger partial charge in [-0.2, -0.15) is 0 Å². The number of hydrogen-bond donors (Lipinski definition) is 0. The van der Waals surface area contributed by atoms with Crippen LogP contribution in [0.1, 0.15) is 25.0 Å². The average molecular weight is 831 g/mol. The summed E-state index contributed by atoms with van der Waals surface area (Å²) in [6.07, 6.45) is 0. The summed E-state index contributed by atoms with van der Waals surface area (Å²) in [5, 5.41) is 2.55. The minimum atomic E-state index is -0.128. The average Bonchev–Trinajstić information content (AvgIpc) is 3.83. The van der Waals surface area contributed by atoms with E-state index in [4.69, 9.17) is 0 Å². The quantitative estimate of drug-likeness (QED) is 0.148. The summed E-state index contributed by atoms with van der Waals surface area (Å²) in [5.41, 5.74) is 21.8. The number of anilines is 3. The molecule has 308 valence electrons. The highest BCUT2D eigenvalue weighted by Crippen LogP contribution is 2.51. The van der Waals surface area contributed by atoms with Gasteiger partial charge < -0.3 is 9.47 Å². The van der Waals surface area contributed by atoms with Gasteiger partial charge in [0.15, 0.2) is 0 Å². The summed E-state index contributed by atoms with van der Waals surface area (Å²) in [4.78, 5) is 2.45. The van der Waals surface area contributed by atoms with Crippen LogP contribution in [0.5, 0.6) is 0 Å².